The Morgan fingerprint density at radius 1 is 1.33 bits per heavy atom. The van der Waals surface area contributed by atoms with E-state index in [-0.39, 0.29) is 6.42 Å². The Labute approximate surface area is 107 Å². The van der Waals surface area contributed by atoms with Crippen molar-refractivity contribution in [3.63, 3.8) is 0 Å². The zero-order valence-electron chi connectivity index (χ0n) is 11.6. The zero-order valence-corrected chi connectivity index (χ0v) is 11.6. The topological polar surface area (TPSA) is 72.3 Å². The molecule has 5 heteroatoms. The number of carboxylic acids is 1. The first-order valence-electron chi connectivity index (χ1n) is 5.95. The van der Waals surface area contributed by atoms with E-state index in [4.69, 9.17) is 9.84 Å². The minimum atomic E-state index is -0.873. The van der Waals surface area contributed by atoms with E-state index in [1.54, 1.807) is 7.11 Å². The lowest BCUT2D eigenvalue weighted by Crippen LogP contribution is -2.27. The molecule has 100 valence electrons. The van der Waals surface area contributed by atoms with E-state index in [1.165, 1.54) is 0 Å². The van der Waals surface area contributed by atoms with Crippen LogP contribution >= 0.6 is 0 Å². The number of aliphatic carboxylic acids is 1. The van der Waals surface area contributed by atoms with Gasteiger partial charge in [-0.05, 0) is 27.2 Å². The molecule has 0 fully saturated rings. The zero-order chi connectivity index (χ0) is 13.9. The summed E-state index contributed by atoms with van der Waals surface area (Å²) in [5, 5.41) is 8.86. The second-order valence-corrected chi connectivity index (χ2v) is 4.56. The van der Waals surface area contributed by atoms with Gasteiger partial charge >= 0.3 is 5.97 Å². The molecule has 0 spiro atoms. The van der Waals surface area contributed by atoms with Crippen LogP contribution < -0.4 is 0 Å². The molecule has 0 saturated heterocycles. The monoisotopic (exact) mass is 252 g/mol. The lowest BCUT2D eigenvalue weighted by Gasteiger charge is -2.26. The fraction of sp³-hybridized carbons (Fsp3) is 0.615. The van der Waals surface area contributed by atoms with Crippen molar-refractivity contribution in [1.29, 1.82) is 0 Å². The first-order valence-corrected chi connectivity index (χ1v) is 5.95. The lowest BCUT2D eigenvalue weighted by molar-refractivity contribution is -0.136. The number of ether oxygens (including phenoxy) is 1. The second kappa shape index (κ2) is 5.44. The van der Waals surface area contributed by atoms with E-state index in [1.807, 2.05) is 27.7 Å². The third kappa shape index (κ3) is 2.85. The van der Waals surface area contributed by atoms with Crippen LogP contribution in [-0.2, 0) is 21.6 Å². The Balaban J connectivity index is 3.25. The van der Waals surface area contributed by atoms with E-state index in [9.17, 15) is 4.79 Å². The van der Waals surface area contributed by atoms with Crippen LogP contribution in [0.5, 0.6) is 0 Å². The summed E-state index contributed by atoms with van der Waals surface area (Å²) in [4.78, 5) is 19.6. The van der Waals surface area contributed by atoms with Gasteiger partial charge in [0, 0.05) is 24.1 Å². The first kappa shape index (κ1) is 14.6. The van der Waals surface area contributed by atoms with Crippen LogP contribution in [0.1, 0.15) is 43.0 Å². The van der Waals surface area contributed by atoms with Crippen molar-refractivity contribution < 1.29 is 14.6 Å². The predicted molar refractivity (Wildman–Crippen MR) is 67.5 cm³/mol. The van der Waals surface area contributed by atoms with E-state index in [0.29, 0.717) is 22.8 Å². The highest BCUT2D eigenvalue weighted by atomic mass is 16.5. The largest absolute Gasteiger partial charge is 0.481 e. The average molecular weight is 252 g/mol. The number of rotatable bonds is 5. The van der Waals surface area contributed by atoms with E-state index in [2.05, 4.69) is 9.97 Å². The summed E-state index contributed by atoms with van der Waals surface area (Å²) in [6.45, 7) is 7.55. The van der Waals surface area contributed by atoms with Gasteiger partial charge in [-0.15, -0.1) is 0 Å². The molecule has 1 N–H and O–H groups in total. The van der Waals surface area contributed by atoms with Gasteiger partial charge in [0.05, 0.1) is 6.42 Å². The van der Waals surface area contributed by atoms with Gasteiger partial charge in [0.15, 0.2) is 5.82 Å². The molecule has 18 heavy (non-hydrogen) atoms. The number of hydrogen-bond acceptors (Lipinski definition) is 4. The maximum absolute atomic E-state index is 10.8. The minimum Gasteiger partial charge on any atom is -0.481 e. The molecule has 1 unspecified atom stereocenters. The maximum Gasteiger partial charge on any atom is 0.307 e. The number of methoxy groups -OCH3 is 1. The van der Waals surface area contributed by atoms with Gasteiger partial charge in [0.25, 0.3) is 0 Å². The fourth-order valence-electron chi connectivity index (χ4n) is 1.78. The Hall–Kier alpha value is -1.49. The van der Waals surface area contributed by atoms with Crippen LogP contribution in [0.2, 0.25) is 0 Å². The Kier molecular flexibility index (Phi) is 4.40. The average Bonchev–Trinajstić information content (AvgIpc) is 2.32. The highest BCUT2D eigenvalue weighted by Gasteiger charge is 2.28. The van der Waals surface area contributed by atoms with Crippen molar-refractivity contribution in [2.24, 2.45) is 0 Å². The van der Waals surface area contributed by atoms with Gasteiger partial charge in [0.1, 0.15) is 5.60 Å². The van der Waals surface area contributed by atoms with Gasteiger partial charge in [-0.25, -0.2) is 9.97 Å². The summed E-state index contributed by atoms with van der Waals surface area (Å²) in [6.07, 6.45) is 0.703. The van der Waals surface area contributed by atoms with E-state index < -0.39 is 11.6 Å². The van der Waals surface area contributed by atoms with Crippen LogP contribution in [0.3, 0.4) is 0 Å². The summed E-state index contributed by atoms with van der Waals surface area (Å²) in [5.41, 5.74) is 1.56. The summed E-state index contributed by atoms with van der Waals surface area (Å²) < 4.78 is 5.46. The molecule has 0 radical (unpaired) electrons. The summed E-state index contributed by atoms with van der Waals surface area (Å²) >= 11 is 0. The quantitative estimate of drug-likeness (QED) is 0.867. The number of carboxylic acid groups (broad SMARTS) is 1. The Morgan fingerprint density at radius 3 is 2.17 bits per heavy atom. The summed E-state index contributed by atoms with van der Waals surface area (Å²) in [6, 6.07) is 0. The third-order valence-corrected chi connectivity index (χ3v) is 3.35. The number of nitrogens with zero attached hydrogens (tertiary/aromatic N) is 2. The highest BCUT2D eigenvalue weighted by Crippen LogP contribution is 2.26. The molecular formula is C13H20N2O3. The van der Waals surface area contributed by atoms with Crippen molar-refractivity contribution in [2.45, 2.75) is 46.1 Å². The number of carbonyl (C=O) groups is 1. The Morgan fingerprint density at radius 2 is 1.83 bits per heavy atom. The normalized spacial score (nSPS) is 14.3. The van der Waals surface area contributed by atoms with E-state index >= 15 is 0 Å². The molecule has 0 aliphatic rings. The molecule has 0 amide bonds. The van der Waals surface area contributed by atoms with Crippen LogP contribution in [0, 0.1) is 13.8 Å². The predicted octanol–water partition coefficient (Wildman–Crippen LogP) is 1.99. The number of aromatic nitrogens is 2. The van der Waals surface area contributed by atoms with Crippen LogP contribution in [0.4, 0.5) is 0 Å². The molecule has 1 rings (SSSR count). The standard InChI is InChI=1S/C13H20N2O3/c1-6-13(4,18-5)12-14-8(2)10(7-11(16)17)9(3)15-12/h6-7H2,1-5H3,(H,16,17). The second-order valence-electron chi connectivity index (χ2n) is 4.56. The highest BCUT2D eigenvalue weighted by molar-refractivity contribution is 5.70. The SMILES string of the molecule is CCC(C)(OC)c1nc(C)c(CC(=O)O)c(C)n1. The van der Waals surface area contributed by atoms with Crippen LogP contribution in [-0.4, -0.2) is 28.2 Å². The molecule has 0 aromatic carbocycles. The van der Waals surface area contributed by atoms with Crippen molar-refractivity contribution in [3.8, 4) is 0 Å². The minimum absolute atomic E-state index is 0.0478. The van der Waals surface area contributed by atoms with E-state index in [0.717, 1.165) is 6.42 Å². The third-order valence-electron chi connectivity index (χ3n) is 3.35. The van der Waals surface area contributed by atoms with Crippen LogP contribution in [0.15, 0.2) is 0 Å². The molecule has 1 atom stereocenters. The summed E-state index contributed by atoms with van der Waals surface area (Å²) in [5.74, 6) is -0.265. The van der Waals surface area contributed by atoms with Gasteiger partial charge in [-0.1, -0.05) is 6.92 Å². The smallest absolute Gasteiger partial charge is 0.307 e. The van der Waals surface area contributed by atoms with Crippen molar-refractivity contribution in [1.82, 2.24) is 9.97 Å². The molecule has 0 bridgehead atoms. The van der Waals surface area contributed by atoms with Gasteiger partial charge < -0.3 is 9.84 Å². The molecule has 0 aliphatic carbocycles. The van der Waals surface area contributed by atoms with Gasteiger partial charge in [0.2, 0.25) is 0 Å². The van der Waals surface area contributed by atoms with Crippen molar-refractivity contribution >= 4 is 5.97 Å². The lowest BCUT2D eigenvalue weighted by atomic mass is 10.0. The first-order chi connectivity index (χ1) is 8.34. The Bertz CT molecular complexity index is 431. The van der Waals surface area contributed by atoms with Crippen molar-refractivity contribution in [2.75, 3.05) is 7.11 Å². The fourth-order valence-corrected chi connectivity index (χ4v) is 1.78. The number of hydrogen-bond donors (Lipinski definition) is 1. The molecule has 5 nitrogen and oxygen atoms in total. The van der Waals surface area contributed by atoms with Gasteiger partial charge in [-0.3, -0.25) is 4.79 Å². The molecule has 0 aliphatic heterocycles. The maximum atomic E-state index is 10.8. The molecular weight excluding hydrogens is 232 g/mol. The number of aryl methyl sites for hydroxylation is 2. The molecule has 1 heterocycles. The molecule has 1 aromatic heterocycles. The van der Waals surface area contributed by atoms with Gasteiger partial charge in [-0.2, -0.15) is 0 Å². The van der Waals surface area contributed by atoms with Crippen molar-refractivity contribution in [3.05, 3.63) is 22.8 Å². The summed E-state index contributed by atoms with van der Waals surface area (Å²) in [7, 11) is 1.63. The van der Waals surface area contributed by atoms with Crippen LogP contribution in [0.25, 0.3) is 0 Å². The molecule has 0 saturated carbocycles. The molecule has 1 aromatic rings.